The lowest BCUT2D eigenvalue weighted by Gasteiger charge is -2.29. The van der Waals surface area contributed by atoms with Crippen LogP contribution in [0.3, 0.4) is 0 Å². The number of nitrogens with zero attached hydrogens (tertiary/aromatic N) is 1. The Bertz CT molecular complexity index is 690. The standard InChI is InChI=1S/C20H19F2NO/c21-18-7-3-15(4-8-18)20(16-5-9-19(22)10-6-16)17-2-1-11-23(14-17)12-13-24/h1-11,20,24H,12-14H2. The van der Waals surface area contributed by atoms with Crippen molar-refractivity contribution in [2.24, 2.45) is 0 Å². The maximum Gasteiger partial charge on any atom is 0.123 e. The van der Waals surface area contributed by atoms with Crippen molar-refractivity contribution in [2.45, 2.75) is 5.92 Å². The van der Waals surface area contributed by atoms with Crippen LogP contribution in [-0.4, -0.2) is 29.7 Å². The van der Waals surface area contributed by atoms with Gasteiger partial charge in [0.15, 0.2) is 0 Å². The Kier molecular flexibility index (Phi) is 5.06. The molecule has 2 nitrogen and oxygen atoms in total. The molecule has 0 aliphatic carbocycles. The minimum atomic E-state index is -0.281. The predicted octanol–water partition coefficient (Wildman–Crippen LogP) is 3.84. The molecule has 2 aromatic rings. The fraction of sp³-hybridized carbons (Fsp3) is 0.200. The summed E-state index contributed by atoms with van der Waals surface area (Å²) in [6.07, 6.45) is 5.91. The Morgan fingerprint density at radius 2 is 1.46 bits per heavy atom. The van der Waals surface area contributed by atoms with E-state index >= 15 is 0 Å². The number of hydrogen-bond acceptors (Lipinski definition) is 2. The summed E-state index contributed by atoms with van der Waals surface area (Å²) in [6, 6.07) is 12.8. The average Bonchev–Trinajstić information content (AvgIpc) is 2.59. The monoisotopic (exact) mass is 327 g/mol. The summed E-state index contributed by atoms with van der Waals surface area (Å²) in [4.78, 5) is 2.02. The molecule has 0 saturated heterocycles. The zero-order valence-corrected chi connectivity index (χ0v) is 13.2. The number of hydrogen-bond donors (Lipinski definition) is 1. The molecule has 0 spiro atoms. The molecule has 0 atom stereocenters. The molecule has 0 aromatic heterocycles. The lowest BCUT2D eigenvalue weighted by atomic mass is 9.83. The van der Waals surface area contributed by atoms with Gasteiger partial charge >= 0.3 is 0 Å². The van der Waals surface area contributed by atoms with E-state index in [9.17, 15) is 8.78 Å². The normalized spacial score (nSPS) is 14.2. The molecular weight excluding hydrogens is 308 g/mol. The number of benzene rings is 2. The van der Waals surface area contributed by atoms with E-state index in [1.807, 2.05) is 23.3 Å². The van der Waals surface area contributed by atoms with E-state index in [-0.39, 0.29) is 24.2 Å². The number of halogens is 2. The summed E-state index contributed by atoms with van der Waals surface area (Å²) >= 11 is 0. The summed E-state index contributed by atoms with van der Waals surface area (Å²) < 4.78 is 26.6. The Morgan fingerprint density at radius 1 is 0.917 bits per heavy atom. The van der Waals surface area contributed by atoms with Gasteiger partial charge in [0.1, 0.15) is 11.6 Å². The van der Waals surface area contributed by atoms with Gasteiger partial charge < -0.3 is 10.0 Å². The van der Waals surface area contributed by atoms with Gasteiger partial charge in [-0.1, -0.05) is 30.3 Å². The maximum absolute atomic E-state index is 13.3. The molecule has 0 radical (unpaired) electrons. The topological polar surface area (TPSA) is 23.5 Å². The third kappa shape index (κ3) is 3.71. The van der Waals surface area contributed by atoms with Gasteiger partial charge in [-0.3, -0.25) is 0 Å². The van der Waals surface area contributed by atoms with Crippen LogP contribution < -0.4 is 0 Å². The molecule has 4 heteroatoms. The number of aliphatic hydroxyl groups is 1. The van der Waals surface area contributed by atoms with E-state index < -0.39 is 0 Å². The Labute approximate surface area is 140 Å². The predicted molar refractivity (Wildman–Crippen MR) is 90.5 cm³/mol. The summed E-state index contributed by atoms with van der Waals surface area (Å²) in [5, 5.41) is 9.16. The molecule has 2 aromatic carbocycles. The number of aliphatic hydroxyl groups excluding tert-OH is 1. The molecule has 1 aliphatic heterocycles. The van der Waals surface area contributed by atoms with E-state index in [4.69, 9.17) is 5.11 Å². The van der Waals surface area contributed by atoms with Crippen LogP contribution in [0.5, 0.6) is 0 Å². The van der Waals surface area contributed by atoms with Crippen molar-refractivity contribution in [1.29, 1.82) is 0 Å². The van der Waals surface area contributed by atoms with Crippen molar-refractivity contribution in [2.75, 3.05) is 19.7 Å². The SMILES string of the molecule is OCCN1C=CC=C(C(c2ccc(F)cc2)c2ccc(F)cc2)C1. The van der Waals surface area contributed by atoms with Crippen LogP contribution in [0.2, 0.25) is 0 Å². The zero-order chi connectivity index (χ0) is 16.9. The second kappa shape index (κ2) is 7.41. The van der Waals surface area contributed by atoms with Crippen LogP contribution in [0.15, 0.2) is 72.5 Å². The Hall–Kier alpha value is -2.46. The van der Waals surface area contributed by atoms with Gasteiger partial charge in [0.05, 0.1) is 6.61 Å². The lowest BCUT2D eigenvalue weighted by Crippen LogP contribution is -2.27. The summed E-state index contributed by atoms with van der Waals surface area (Å²) in [5.74, 6) is -0.649. The third-order valence-electron chi connectivity index (χ3n) is 4.16. The highest BCUT2D eigenvalue weighted by Crippen LogP contribution is 2.33. The summed E-state index contributed by atoms with van der Waals surface area (Å²) in [6.45, 7) is 1.29. The Balaban J connectivity index is 1.99. The molecule has 0 bridgehead atoms. The number of rotatable bonds is 5. The van der Waals surface area contributed by atoms with Crippen molar-refractivity contribution in [3.05, 3.63) is 95.2 Å². The van der Waals surface area contributed by atoms with Gasteiger partial charge in [-0.2, -0.15) is 0 Å². The van der Waals surface area contributed by atoms with Crippen LogP contribution in [0.25, 0.3) is 0 Å². The first-order valence-corrected chi connectivity index (χ1v) is 7.90. The number of allylic oxidation sites excluding steroid dienone is 2. The van der Waals surface area contributed by atoms with E-state index in [1.54, 1.807) is 24.3 Å². The molecular formula is C20H19F2NO. The van der Waals surface area contributed by atoms with E-state index in [0.717, 1.165) is 16.7 Å². The molecule has 24 heavy (non-hydrogen) atoms. The largest absolute Gasteiger partial charge is 0.395 e. The van der Waals surface area contributed by atoms with Gasteiger partial charge in [-0.25, -0.2) is 8.78 Å². The second-order valence-corrected chi connectivity index (χ2v) is 5.81. The maximum atomic E-state index is 13.3. The molecule has 0 fully saturated rings. The van der Waals surface area contributed by atoms with Gasteiger partial charge in [0.2, 0.25) is 0 Å². The first-order chi connectivity index (χ1) is 11.7. The molecule has 0 saturated carbocycles. The van der Waals surface area contributed by atoms with Crippen molar-refractivity contribution in [1.82, 2.24) is 4.90 Å². The average molecular weight is 327 g/mol. The lowest BCUT2D eigenvalue weighted by molar-refractivity contribution is 0.242. The fourth-order valence-corrected chi connectivity index (χ4v) is 3.03. The van der Waals surface area contributed by atoms with Crippen molar-refractivity contribution in [3.63, 3.8) is 0 Å². The highest BCUT2D eigenvalue weighted by Gasteiger charge is 2.21. The molecule has 124 valence electrons. The Morgan fingerprint density at radius 3 is 1.96 bits per heavy atom. The van der Waals surface area contributed by atoms with Crippen molar-refractivity contribution < 1.29 is 13.9 Å². The van der Waals surface area contributed by atoms with E-state index in [0.29, 0.717) is 13.1 Å². The second-order valence-electron chi connectivity index (χ2n) is 5.81. The quantitative estimate of drug-likeness (QED) is 0.902. The van der Waals surface area contributed by atoms with E-state index in [2.05, 4.69) is 0 Å². The smallest absolute Gasteiger partial charge is 0.123 e. The molecule has 0 unspecified atom stereocenters. The van der Waals surface area contributed by atoms with Gasteiger partial charge in [-0.15, -0.1) is 0 Å². The van der Waals surface area contributed by atoms with Crippen molar-refractivity contribution >= 4 is 0 Å². The molecule has 3 rings (SSSR count). The van der Waals surface area contributed by atoms with Gasteiger partial charge in [0, 0.05) is 19.0 Å². The minimum absolute atomic E-state index is 0.0788. The van der Waals surface area contributed by atoms with Crippen LogP contribution in [0.1, 0.15) is 17.0 Å². The summed E-state index contributed by atoms with van der Waals surface area (Å²) in [5.41, 5.74) is 3.02. The highest BCUT2D eigenvalue weighted by atomic mass is 19.1. The minimum Gasteiger partial charge on any atom is -0.395 e. The van der Waals surface area contributed by atoms with Crippen LogP contribution in [0.4, 0.5) is 8.78 Å². The summed E-state index contributed by atoms with van der Waals surface area (Å²) in [7, 11) is 0. The zero-order valence-electron chi connectivity index (χ0n) is 13.2. The fourth-order valence-electron chi connectivity index (χ4n) is 3.03. The first-order valence-electron chi connectivity index (χ1n) is 7.90. The molecule has 0 amide bonds. The number of β-amino-alcohol motifs (C(OH)–C–C–N with tert-alkyl or cyclic N) is 1. The first kappa shape index (κ1) is 16.4. The van der Waals surface area contributed by atoms with E-state index in [1.165, 1.54) is 24.3 Å². The molecule has 1 heterocycles. The van der Waals surface area contributed by atoms with Gasteiger partial charge in [-0.05, 0) is 53.2 Å². The molecule has 1 N–H and O–H groups in total. The van der Waals surface area contributed by atoms with Crippen LogP contribution in [-0.2, 0) is 0 Å². The molecule has 1 aliphatic rings. The van der Waals surface area contributed by atoms with Crippen LogP contribution in [0, 0.1) is 11.6 Å². The third-order valence-corrected chi connectivity index (χ3v) is 4.16. The highest BCUT2D eigenvalue weighted by molar-refractivity contribution is 5.43. The van der Waals surface area contributed by atoms with Gasteiger partial charge in [0.25, 0.3) is 0 Å². The van der Waals surface area contributed by atoms with Crippen molar-refractivity contribution in [3.8, 4) is 0 Å². The van der Waals surface area contributed by atoms with Crippen LogP contribution >= 0.6 is 0 Å².